The van der Waals surface area contributed by atoms with Crippen molar-refractivity contribution in [1.29, 1.82) is 0 Å². The fraction of sp³-hybridized carbons (Fsp3) is 0.448. The molecule has 218 valence electrons. The zero-order valence-corrected chi connectivity index (χ0v) is 24.7. The van der Waals surface area contributed by atoms with Gasteiger partial charge in [-0.3, -0.25) is 9.59 Å². The molecule has 1 aliphatic rings. The lowest BCUT2D eigenvalue weighted by atomic mass is 9.87. The number of nitrogens with one attached hydrogen (secondary N) is 1. The fourth-order valence-corrected chi connectivity index (χ4v) is 5.37. The number of rotatable bonds is 15. The number of benzene rings is 1. The van der Waals surface area contributed by atoms with Gasteiger partial charge in [-0.1, -0.05) is 6.08 Å². The van der Waals surface area contributed by atoms with Crippen LogP contribution in [0.5, 0.6) is 11.5 Å². The Hall–Kier alpha value is -2.87. The first-order chi connectivity index (χ1) is 19.3. The molecule has 40 heavy (non-hydrogen) atoms. The van der Waals surface area contributed by atoms with Crippen molar-refractivity contribution in [2.24, 2.45) is 0 Å². The third-order valence-electron chi connectivity index (χ3n) is 6.64. The number of hydrogen-bond acceptors (Lipinski definition) is 8. The molecule has 0 unspecified atom stereocenters. The second kappa shape index (κ2) is 15.8. The zero-order chi connectivity index (χ0) is 29.1. The average molecular weight is 669 g/mol. The Kier molecular flexibility index (Phi) is 12.5. The number of furan rings is 1. The van der Waals surface area contributed by atoms with Gasteiger partial charge in [0.25, 0.3) is 0 Å². The molecule has 4 N–H and O–H groups in total. The monoisotopic (exact) mass is 668 g/mol. The van der Waals surface area contributed by atoms with E-state index in [1.165, 1.54) is 13.4 Å². The summed E-state index contributed by atoms with van der Waals surface area (Å²) in [7, 11) is 1.47. The summed E-state index contributed by atoms with van der Waals surface area (Å²) in [5, 5.41) is 33.1. The maximum atomic E-state index is 13.5. The first kappa shape index (κ1) is 31.7. The van der Waals surface area contributed by atoms with Gasteiger partial charge in [0.05, 0.1) is 42.5 Å². The molecule has 2 amide bonds. The lowest BCUT2D eigenvalue weighted by Gasteiger charge is -2.40. The number of aliphatic hydroxyl groups excluding tert-OH is 3. The summed E-state index contributed by atoms with van der Waals surface area (Å²) in [6.07, 6.45) is 6.85. The summed E-state index contributed by atoms with van der Waals surface area (Å²) in [5.74, 6) is 0.120. The van der Waals surface area contributed by atoms with Crippen molar-refractivity contribution >= 4 is 34.4 Å². The Morgan fingerprint density at radius 3 is 2.73 bits per heavy atom. The molecule has 0 saturated heterocycles. The normalized spacial score (nSPS) is 18.5. The van der Waals surface area contributed by atoms with Crippen LogP contribution in [0.15, 0.2) is 59.4 Å². The van der Waals surface area contributed by atoms with Gasteiger partial charge < -0.3 is 39.4 Å². The largest absolute Gasteiger partial charge is 0.493 e. The zero-order valence-electron chi connectivity index (χ0n) is 22.6. The summed E-state index contributed by atoms with van der Waals surface area (Å²) >= 11 is 2.06. The molecular formula is C29H37IN2O8. The van der Waals surface area contributed by atoms with Crippen LogP contribution < -0.4 is 14.8 Å². The molecule has 2 aromatic rings. The van der Waals surface area contributed by atoms with Crippen LogP contribution in [0.2, 0.25) is 0 Å². The number of aliphatic hydroxyl groups is 3. The lowest BCUT2D eigenvalue weighted by molar-refractivity contribution is -0.139. The first-order valence-corrected chi connectivity index (χ1v) is 14.2. The van der Waals surface area contributed by atoms with Gasteiger partial charge in [0.15, 0.2) is 11.5 Å². The molecule has 1 heterocycles. The second-order valence-corrected chi connectivity index (χ2v) is 10.6. The molecule has 1 aromatic carbocycles. The van der Waals surface area contributed by atoms with E-state index in [4.69, 9.17) is 13.9 Å². The van der Waals surface area contributed by atoms with Crippen LogP contribution >= 0.6 is 22.6 Å². The van der Waals surface area contributed by atoms with E-state index >= 15 is 0 Å². The van der Waals surface area contributed by atoms with Gasteiger partial charge in [-0.2, -0.15) is 0 Å². The minimum absolute atomic E-state index is 0.0598. The van der Waals surface area contributed by atoms with E-state index in [1.54, 1.807) is 35.4 Å². The molecule has 3 atom stereocenters. The van der Waals surface area contributed by atoms with Gasteiger partial charge in [0.1, 0.15) is 12.2 Å². The van der Waals surface area contributed by atoms with Crippen molar-refractivity contribution in [3.63, 3.8) is 0 Å². The van der Waals surface area contributed by atoms with Crippen LogP contribution in [-0.2, 0) is 22.7 Å². The summed E-state index contributed by atoms with van der Waals surface area (Å²) in [5.41, 5.74) is 1.70. The molecule has 0 saturated carbocycles. The van der Waals surface area contributed by atoms with Gasteiger partial charge in [0, 0.05) is 37.1 Å². The SMILES string of the molecule is C=CCCCCC(=O)N(Cc1ccoc1)[C@@H]1CC(C(=O)NCCO)=C[C@H](Oc2c(I)cc(CO)cc2OC)[C@H]1O. The van der Waals surface area contributed by atoms with Gasteiger partial charge in [-0.05, 0) is 71.7 Å². The van der Waals surface area contributed by atoms with Crippen molar-refractivity contribution in [2.45, 2.75) is 63.5 Å². The van der Waals surface area contributed by atoms with E-state index in [0.717, 1.165) is 18.4 Å². The number of carbonyl (C=O) groups excluding carboxylic acids is 2. The molecule has 0 radical (unpaired) electrons. The first-order valence-electron chi connectivity index (χ1n) is 13.2. The highest BCUT2D eigenvalue weighted by Gasteiger charge is 2.41. The molecule has 0 aliphatic heterocycles. The van der Waals surface area contributed by atoms with Crippen molar-refractivity contribution in [1.82, 2.24) is 10.2 Å². The van der Waals surface area contributed by atoms with Crippen LogP contribution in [0.4, 0.5) is 0 Å². The minimum Gasteiger partial charge on any atom is -0.493 e. The maximum Gasteiger partial charge on any atom is 0.247 e. The molecule has 1 aromatic heterocycles. The Balaban J connectivity index is 1.98. The molecule has 0 fully saturated rings. The quantitative estimate of drug-likeness (QED) is 0.129. The predicted octanol–water partition coefficient (Wildman–Crippen LogP) is 3.08. The number of ether oxygens (including phenoxy) is 2. The van der Waals surface area contributed by atoms with Crippen LogP contribution in [0.1, 0.15) is 43.2 Å². The van der Waals surface area contributed by atoms with E-state index in [9.17, 15) is 24.9 Å². The number of methoxy groups -OCH3 is 1. The molecular weight excluding hydrogens is 631 g/mol. The molecule has 0 bridgehead atoms. The predicted molar refractivity (Wildman–Crippen MR) is 157 cm³/mol. The van der Waals surface area contributed by atoms with E-state index in [1.807, 2.05) is 6.08 Å². The molecule has 10 nitrogen and oxygen atoms in total. The highest BCUT2D eigenvalue weighted by atomic mass is 127. The molecule has 1 aliphatic carbocycles. The van der Waals surface area contributed by atoms with Crippen LogP contribution in [0.25, 0.3) is 0 Å². The van der Waals surface area contributed by atoms with E-state index in [0.29, 0.717) is 32.6 Å². The average Bonchev–Trinajstić information content (AvgIpc) is 3.48. The van der Waals surface area contributed by atoms with Crippen LogP contribution in [0, 0.1) is 3.57 Å². The summed E-state index contributed by atoms with van der Waals surface area (Å²) in [6.45, 7) is 3.56. The van der Waals surface area contributed by atoms with Gasteiger partial charge in [-0.25, -0.2) is 0 Å². The number of unbranched alkanes of at least 4 members (excludes halogenated alkanes) is 2. The third kappa shape index (κ3) is 8.32. The fourth-order valence-electron chi connectivity index (χ4n) is 4.57. The highest BCUT2D eigenvalue weighted by Crippen LogP contribution is 2.37. The summed E-state index contributed by atoms with van der Waals surface area (Å²) < 4.78 is 17.6. The van der Waals surface area contributed by atoms with E-state index in [-0.39, 0.29) is 45.1 Å². The Labute approximate surface area is 247 Å². The Morgan fingerprint density at radius 2 is 2.08 bits per heavy atom. The number of amides is 2. The van der Waals surface area contributed by atoms with E-state index in [2.05, 4.69) is 34.5 Å². The van der Waals surface area contributed by atoms with E-state index < -0.39 is 24.2 Å². The number of hydrogen-bond donors (Lipinski definition) is 4. The third-order valence-corrected chi connectivity index (χ3v) is 7.44. The summed E-state index contributed by atoms with van der Waals surface area (Å²) in [6, 6.07) is 4.34. The van der Waals surface area contributed by atoms with Crippen LogP contribution in [-0.4, -0.2) is 70.5 Å². The number of halogens is 1. The standard InChI is InChI=1S/C29H37IN2O8/c1-3-4-5-6-7-26(35)32(16-19-8-11-39-18-19)23-14-21(29(37)31-9-10-33)15-24(27(23)36)40-28-22(30)12-20(17-34)13-25(28)38-2/h3,8,11-13,15,18,23-24,27,33-34,36H,1,4-7,9-10,14,16-17H2,2H3,(H,31,37)/t23-,24+,27+/m1/s1. The number of allylic oxidation sites excluding steroid dienone is 1. The molecule has 0 spiro atoms. The highest BCUT2D eigenvalue weighted by molar-refractivity contribution is 14.1. The smallest absolute Gasteiger partial charge is 0.247 e. The lowest BCUT2D eigenvalue weighted by Crippen LogP contribution is -2.54. The topological polar surface area (TPSA) is 142 Å². The van der Waals surface area contributed by atoms with Gasteiger partial charge in [0.2, 0.25) is 11.8 Å². The van der Waals surface area contributed by atoms with Crippen molar-refractivity contribution in [3.05, 3.63) is 69.7 Å². The van der Waals surface area contributed by atoms with Crippen molar-refractivity contribution < 1.29 is 38.8 Å². The molecule has 3 rings (SSSR count). The molecule has 11 heteroatoms. The Bertz CT molecular complexity index is 1170. The maximum absolute atomic E-state index is 13.5. The second-order valence-electron chi connectivity index (χ2n) is 9.47. The van der Waals surface area contributed by atoms with Crippen LogP contribution in [0.3, 0.4) is 0 Å². The number of nitrogens with zero attached hydrogens (tertiary/aromatic N) is 1. The minimum atomic E-state index is -1.18. The van der Waals surface area contributed by atoms with Crippen molar-refractivity contribution in [3.8, 4) is 11.5 Å². The summed E-state index contributed by atoms with van der Waals surface area (Å²) in [4.78, 5) is 28.1. The number of carbonyl (C=O) groups is 2. The van der Waals surface area contributed by atoms with Crippen molar-refractivity contribution in [2.75, 3.05) is 20.3 Å². The van der Waals surface area contributed by atoms with Gasteiger partial charge in [-0.15, -0.1) is 6.58 Å². The Morgan fingerprint density at radius 1 is 1.27 bits per heavy atom. The van der Waals surface area contributed by atoms with Gasteiger partial charge >= 0.3 is 0 Å².